The van der Waals surface area contributed by atoms with Crippen LogP contribution in [0.2, 0.25) is 5.02 Å². The Kier molecular flexibility index (Phi) is 5.84. The van der Waals surface area contributed by atoms with E-state index in [0.29, 0.717) is 10.7 Å². The van der Waals surface area contributed by atoms with Gasteiger partial charge in [-0.15, -0.1) is 0 Å². The first-order chi connectivity index (χ1) is 13.0. The molecule has 1 aromatic heterocycles. The molecule has 0 saturated heterocycles. The van der Waals surface area contributed by atoms with E-state index in [1.165, 1.54) is 12.1 Å². The molecule has 0 aliphatic rings. The summed E-state index contributed by atoms with van der Waals surface area (Å²) in [4.78, 5) is 17.0. The lowest BCUT2D eigenvalue weighted by Gasteiger charge is -2.19. The third kappa shape index (κ3) is 4.51. The van der Waals surface area contributed by atoms with Gasteiger partial charge >= 0.3 is 0 Å². The van der Waals surface area contributed by atoms with Crippen LogP contribution in [0.25, 0.3) is 0 Å². The molecule has 27 heavy (non-hydrogen) atoms. The van der Waals surface area contributed by atoms with E-state index >= 15 is 0 Å². The molecule has 4 nitrogen and oxygen atoms in total. The number of nitrogens with zero attached hydrogens (tertiary/aromatic N) is 2. The minimum atomic E-state index is -0.741. The molecule has 0 aliphatic carbocycles. The predicted molar refractivity (Wildman–Crippen MR) is 104 cm³/mol. The maximum absolute atomic E-state index is 13.8. The lowest BCUT2D eigenvalue weighted by molar-refractivity contribution is 0.0942. The molecule has 1 atom stereocenters. The predicted octanol–water partition coefficient (Wildman–Crippen LogP) is 5.03. The number of rotatable bonds is 4. The van der Waals surface area contributed by atoms with E-state index in [9.17, 15) is 9.18 Å². The summed E-state index contributed by atoms with van der Waals surface area (Å²) in [6.45, 7) is 0. The van der Waals surface area contributed by atoms with E-state index in [4.69, 9.17) is 16.9 Å². The van der Waals surface area contributed by atoms with Crippen molar-refractivity contribution in [2.75, 3.05) is 0 Å². The van der Waals surface area contributed by atoms with E-state index in [-0.39, 0.29) is 11.1 Å². The lowest BCUT2D eigenvalue weighted by atomic mass is 10.0. The monoisotopic (exact) mass is 443 g/mol. The van der Waals surface area contributed by atoms with Gasteiger partial charge in [0.2, 0.25) is 0 Å². The highest BCUT2D eigenvalue weighted by molar-refractivity contribution is 9.10. The van der Waals surface area contributed by atoms with E-state index in [0.717, 1.165) is 16.1 Å². The zero-order chi connectivity index (χ0) is 19.4. The Morgan fingerprint density at radius 1 is 1.19 bits per heavy atom. The number of hydrogen-bond acceptors (Lipinski definition) is 3. The molecule has 1 amide bonds. The number of halogens is 3. The van der Waals surface area contributed by atoms with Crippen molar-refractivity contribution >= 4 is 33.4 Å². The van der Waals surface area contributed by atoms with E-state index in [1.54, 1.807) is 42.6 Å². The zero-order valence-corrected chi connectivity index (χ0v) is 16.1. The maximum Gasteiger partial charge on any atom is 0.252 e. The van der Waals surface area contributed by atoms with Gasteiger partial charge in [0, 0.05) is 21.3 Å². The van der Waals surface area contributed by atoms with Crippen LogP contribution in [-0.2, 0) is 0 Å². The topological polar surface area (TPSA) is 65.8 Å². The summed E-state index contributed by atoms with van der Waals surface area (Å²) in [7, 11) is 0. The van der Waals surface area contributed by atoms with Gasteiger partial charge in [0.25, 0.3) is 5.91 Å². The van der Waals surface area contributed by atoms with Crippen LogP contribution in [0.15, 0.2) is 65.3 Å². The van der Waals surface area contributed by atoms with Gasteiger partial charge in [-0.05, 0) is 64.0 Å². The number of carbonyl (C=O) groups excluding carboxylic acids is 1. The van der Waals surface area contributed by atoms with Crippen LogP contribution in [0, 0.1) is 17.1 Å². The molecule has 0 bridgehead atoms. The molecule has 0 saturated carbocycles. The van der Waals surface area contributed by atoms with Crippen LogP contribution in [0.4, 0.5) is 4.39 Å². The smallest absolute Gasteiger partial charge is 0.252 e. The van der Waals surface area contributed by atoms with E-state index in [1.807, 2.05) is 6.07 Å². The van der Waals surface area contributed by atoms with Gasteiger partial charge < -0.3 is 5.32 Å². The molecule has 1 heterocycles. The highest BCUT2D eigenvalue weighted by Gasteiger charge is 2.20. The second-order valence-corrected chi connectivity index (χ2v) is 7.02. The first-order valence-corrected chi connectivity index (χ1v) is 9.02. The summed E-state index contributed by atoms with van der Waals surface area (Å²) >= 11 is 9.29. The van der Waals surface area contributed by atoms with Crippen LogP contribution in [0.1, 0.15) is 33.2 Å². The average Bonchev–Trinajstić information content (AvgIpc) is 2.67. The lowest BCUT2D eigenvalue weighted by Crippen LogP contribution is -2.30. The molecule has 2 aromatic carbocycles. The summed E-state index contributed by atoms with van der Waals surface area (Å²) in [5, 5.41) is 12.3. The Morgan fingerprint density at radius 2 is 1.93 bits per heavy atom. The Bertz CT molecular complexity index is 971. The van der Waals surface area contributed by atoms with Crippen molar-refractivity contribution in [3.63, 3.8) is 0 Å². The normalized spacial score (nSPS) is 11.5. The number of nitrogens with one attached hydrogen (secondary N) is 1. The van der Waals surface area contributed by atoms with Crippen molar-refractivity contribution in [1.29, 1.82) is 5.26 Å². The third-order valence-electron chi connectivity index (χ3n) is 3.88. The van der Waals surface area contributed by atoms with Gasteiger partial charge in [-0.2, -0.15) is 5.26 Å². The Labute approximate surface area is 168 Å². The standard InChI is InChI=1S/C20H12BrClFN3O/c21-15-5-8-18(25-11-15)19(12-3-6-16(22)7-4-12)26-20(27)13-1-2-14(10-24)17(23)9-13/h1-9,11,19H,(H,26,27)/t19-/m0/s1. The van der Waals surface area contributed by atoms with Gasteiger partial charge in [-0.1, -0.05) is 23.7 Å². The molecule has 1 N–H and O–H groups in total. The van der Waals surface area contributed by atoms with Crippen molar-refractivity contribution in [3.8, 4) is 6.07 Å². The minimum absolute atomic E-state index is 0.113. The van der Waals surface area contributed by atoms with Crippen LogP contribution in [0.3, 0.4) is 0 Å². The van der Waals surface area contributed by atoms with Crippen molar-refractivity contribution in [2.24, 2.45) is 0 Å². The highest BCUT2D eigenvalue weighted by atomic mass is 79.9. The number of amides is 1. The number of pyridine rings is 1. The fraction of sp³-hybridized carbons (Fsp3) is 0.0500. The van der Waals surface area contributed by atoms with Gasteiger partial charge in [-0.3, -0.25) is 9.78 Å². The van der Waals surface area contributed by atoms with Gasteiger partial charge in [0.1, 0.15) is 11.9 Å². The minimum Gasteiger partial charge on any atom is -0.340 e. The SMILES string of the molecule is N#Cc1ccc(C(=O)N[C@@H](c2ccc(Cl)cc2)c2ccc(Br)cn2)cc1F. The Balaban J connectivity index is 1.94. The second kappa shape index (κ2) is 8.30. The number of nitriles is 1. The van der Waals surface area contributed by atoms with Crippen molar-refractivity contribution in [2.45, 2.75) is 6.04 Å². The van der Waals surface area contributed by atoms with Crippen LogP contribution < -0.4 is 5.32 Å². The molecule has 0 unspecified atom stereocenters. The third-order valence-corrected chi connectivity index (χ3v) is 4.60. The number of carbonyl (C=O) groups is 1. The molecular weight excluding hydrogens is 433 g/mol. The fourth-order valence-corrected chi connectivity index (χ4v) is 2.86. The van der Waals surface area contributed by atoms with E-state index < -0.39 is 17.8 Å². The first-order valence-electron chi connectivity index (χ1n) is 7.85. The molecule has 0 fully saturated rings. The summed E-state index contributed by atoms with van der Waals surface area (Å²) in [5.41, 5.74) is 1.39. The maximum atomic E-state index is 13.8. The molecule has 3 aromatic rings. The quantitative estimate of drug-likeness (QED) is 0.614. The molecule has 0 aliphatic heterocycles. The highest BCUT2D eigenvalue weighted by Crippen LogP contribution is 2.24. The van der Waals surface area contributed by atoms with Gasteiger partial charge in [0.15, 0.2) is 0 Å². The van der Waals surface area contributed by atoms with Crippen molar-refractivity contribution in [3.05, 3.63) is 98.5 Å². The number of benzene rings is 2. The molecule has 7 heteroatoms. The van der Waals surface area contributed by atoms with Crippen LogP contribution in [0.5, 0.6) is 0 Å². The summed E-state index contributed by atoms with van der Waals surface area (Å²) in [6.07, 6.45) is 1.63. The molecular formula is C20H12BrClFN3O. The van der Waals surface area contributed by atoms with E-state index in [2.05, 4.69) is 26.2 Å². The zero-order valence-electron chi connectivity index (χ0n) is 13.8. The molecule has 134 valence electrons. The Morgan fingerprint density at radius 3 is 2.52 bits per heavy atom. The first kappa shape index (κ1) is 19.0. The van der Waals surface area contributed by atoms with Crippen LogP contribution >= 0.6 is 27.5 Å². The second-order valence-electron chi connectivity index (χ2n) is 5.67. The molecule has 0 spiro atoms. The molecule has 3 rings (SSSR count). The number of aromatic nitrogens is 1. The fourth-order valence-electron chi connectivity index (χ4n) is 2.50. The van der Waals surface area contributed by atoms with Crippen LogP contribution in [-0.4, -0.2) is 10.9 Å². The largest absolute Gasteiger partial charge is 0.340 e. The number of hydrogen-bond donors (Lipinski definition) is 1. The average molecular weight is 445 g/mol. The van der Waals surface area contributed by atoms with Crippen molar-refractivity contribution in [1.82, 2.24) is 10.3 Å². The van der Waals surface area contributed by atoms with Gasteiger partial charge in [0.05, 0.1) is 17.3 Å². The summed E-state index contributed by atoms with van der Waals surface area (Å²) in [6, 6.07) is 15.5. The summed E-state index contributed by atoms with van der Waals surface area (Å²) < 4.78 is 14.7. The Hall–Kier alpha value is -2.75. The summed E-state index contributed by atoms with van der Waals surface area (Å²) in [5.74, 6) is -1.22. The van der Waals surface area contributed by atoms with Crippen molar-refractivity contribution < 1.29 is 9.18 Å². The van der Waals surface area contributed by atoms with Gasteiger partial charge in [-0.25, -0.2) is 4.39 Å². The molecule has 0 radical (unpaired) electrons.